The number of hydrogen-bond acceptors (Lipinski definition) is 5. The Balaban J connectivity index is 1.64. The van der Waals surface area contributed by atoms with E-state index in [1.165, 1.54) is 0 Å². The maximum atomic E-state index is 12.0. The lowest BCUT2D eigenvalue weighted by molar-refractivity contribution is -0.123. The topological polar surface area (TPSA) is 81.9 Å². The minimum Gasteiger partial charge on any atom is -0.483 e. The van der Waals surface area contributed by atoms with Crippen molar-refractivity contribution >= 4 is 40.7 Å². The molecule has 0 spiro atoms. The van der Waals surface area contributed by atoms with Crippen LogP contribution >= 0.6 is 22.6 Å². The Kier molecular flexibility index (Phi) is 8.04. The van der Waals surface area contributed by atoms with E-state index in [0.29, 0.717) is 17.9 Å². The first kappa shape index (κ1) is 23.5. The summed E-state index contributed by atoms with van der Waals surface area (Å²) in [6.45, 7) is 5.95. The van der Waals surface area contributed by atoms with Crippen LogP contribution in [0.5, 0.6) is 5.75 Å². The summed E-state index contributed by atoms with van der Waals surface area (Å²) in [4.78, 5) is 23.9. The minimum absolute atomic E-state index is 0.122. The number of ether oxygens (including phenoxy) is 2. The Bertz CT molecular complexity index is 1140. The van der Waals surface area contributed by atoms with Crippen molar-refractivity contribution in [3.63, 3.8) is 0 Å². The number of amides is 1. The standard InChI is InChI=1S/C24H24IN3O4/c1-4-31-24(30)18-9-11-20(12-10-18)28-16(2)13-19(17(28)3)14-26-27-23(29)15-32-22-8-6-5-7-21(22)25/h5-14H,4,15H2,1-3H3,(H,27,29)/b26-14+. The predicted octanol–water partition coefficient (Wildman–Crippen LogP) is 4.40. The van der Waals surface area contributed by atoms with Gasteiger partial charge in [-0.2, -0.15) is 5.10 Å². The second kappa shape index (κ2) is 10.9. The smallest absolute Gasteiger partial charge is 0.338 e. The largest absolute Gasteiger partial charge is 0.483 e. The van der Waals surface area contributed by atoms with Crippen molar-refractivity contribution < 1.29 is 19.1 Å². The van der Waals surface area contributed by atoms with E-state index in [4.69, 9.17) is 9.47 Å². The van der Waals surface area contributed by atoms with E-state index >= 15 is 0 Å². The SMILES string of the molecule is CCOC(=O)c1ccc(-n2c(C)cc(/C=N/NC(=O)COc3ccccc3I)c2C)cc1. The molecule has 0 saturated heterocycles. The van der Waals surface area contributed by atoms with E-state index in [1.54, 1.807) is 25.3 Å². The molecule has 0 radical (unpaired) electrons. The van der Waals surface area contributed by atoms with E-state index in [0.717, 1.165) is 26.2 Å². The normalized spacial score (nSPS) is 10.9. The van der Waals surface area contributed by atoms with Gasteiger partial charge in [0.05, 0.1) is 22.0 Å². The van der Waals surface area contributed by atoms with Crippen molar-refractivity contribution in [3.8, 4) is 11.4 Å². The van der Waals surface area contributed by atoms with Crippen molar-refractivity contribution in [2.24, 2.45) is 5.10 Å². The Morgan fingerprint density at radius 3 is 2.53 bits per heavy atom. The number of carbonyl (C=O) groups excluding carboxylic acids is 2. The lowest BCUT2D eigenvalue weighted by Gasteiger charge is -2.10. The van der Waals surface area contributed by atoms with Crippen LogP contribution in [0, 0.1) is 17.4 Å². The maximum Gasteiger partial charge on any atom is 0.338 e. The fourth-order valence-corrected chi connectivity index (χ4v) is 3.73. The summed E-state index contributed by atoms with van der Waals surface area (Å²) in [6.07, 6.45) is 1.61. The first-order chi connectivity index (χ1) is 15.4. The second-order valence-corrected chi connectivity index (χ2v) is 8.10. The second-order valence-electron chi connectivity index (χ2n) is 6.94. The monoisotopic (exact) mass is 545 g/mol. The highest BCUT2D eigenvalue weighted by atomic mass is 127. The van der Waals surface area contributed by atoms with Gasteiger partial charge in [0.25, 0.3) is 5.91 Å². The number of hydrogen-bond donors (Lipinski definition) is 1. The molecule has 0 aliphatic heterocycles. The summed E-state index contributed by atoms with van der Waals surface area (Å²) in [5.74, 6) is -0.0245. The van der Waals surface area contributed by atoms with Crippen LogP contribution in [0.3, 0.4) is 0 Å². The molecule has 0 aliphatic rings. The first-order valence-electron chi connectivity index (χ1n) is 10.1. The van der Waals surface area contributed by atoms with Crippen LogP contribution in [-0.2, 0) is 9.53 Å². The molecule has 0 aliphatic carbocycles. The summed E-state index contributed by atoms with van der Waals surface area (Å²) < 4.78 is 13.5. The zero-order valence-electron chi connectivity index (χ0n) is 18.1. The average Bonchev–Trinajstić information content (AvgIpc) is 3.06. The lowest BCUT2D eigenvalue weighted by atomic mass is 10.2. The molecular formula is C24H24IN3O4. The molecule has 166 valence electrons. The van der Waals surface area contributed by atoms with E-state index < -0.39 is 0 Å². The third kappa shape index (κ3) is 5.76. The number of carbonyl (C=O) groups is 2. The van der Waals surface area contributed by atoms with E-state index in [9.17, 15) is 9.59 Å². The Morgan fingerprint density at radius 1 is 1.12 bits per heavy atom. The maximum absolute atomic E-state index is 12.0. The van der Waals surface area contributed by atoms with Crippen LogP contribution in [0.4, 0.5) is 0 Å². The summed E-state index contributed by atoms with van der Waals surface area (Å²) in [5, 5.41) is 4.06. The van der Waals surface area contributed by atoms with Crippen molar-refractivity contribution in [2.45, 2.75) is 20.8 Å². The zero-order chi connectivity index (χ0) is 23.1. The van der Waals surface area contributed by atoms with Gasteiger partial charge >= 0.3 is 5.97 Å². The number of hydrazone groups is 1. The molecular weight excluding hydrogens is 521 g/mol. The van der Waals surface area contributed by atoms with Gasteiger partial charge in [-0.15, -0.1) is 0 Å². The number of halogens is 1. The molecule has 32 heavy (non-hydrogen) atoms. The van der Waals surface area contributed by atoms with Crippen molar-refractivity contribution in [1.29, 1.82) is 0 Å². The molecule has 0 bridgehead atoms. The molecule has 1 amide bonds. The number of esters is 1. The minimum atomic E-state index is -0.343. The van der Waals surface area contributed by atoms with Gasteiger partial charge in [-0.1, -0.05) is 12.1 Å². The number of aromatic nitrogens is 1. The first-order valence-corrected chi connectivity index (χ1v) is 11.1. The Hall–Kier alpha value is -3.14. The van der Waals surface area contributed by atoms with Gasteiger partial charge in [0, 0.05) is 22.6 Å². The van der Waals surface area contributed by atoms with Crippen molar-refractivity contribution in [3.05, 3.63) is 80.7 Å². The summed E-state index contributed by atoms with van der Waals surface area (Å²) in [7, 11) is 0. The third-order valence-electron chi connectivity index (χ3n) is 4.70. The molecule has 1 N–H and O–H groups in total. The van der Waals surface area contributed by atoms with Crippen molar-refractivity contribution in [2.75, 3.05) is 13.2 Å². The molecule has 8 heteroatoms. The molecule has 0 unspecified atom stereocenters. The molecule has 3 aromatic rings. The van der Waals surface area contributed by atoms with Crippen LogP contribution in [-0.4, -0.2) is 35.9 Å². The van der Waals surface area contributed by atoms with Gasteiger partial charge < -0.3 is 14.0 Å². The molecule has 0 fully saturated rings. The number of nitrogens with zero attached hydrogens (tertiary/aromatic N) is 2. The molecule has 3 rings (SSSR count). The van der Waals surface area contributed by atoms with Crippen LogP contribution in [0.1, 0.15) is 34.2 Å². The van der Waals surface area contributed by atoms with E-state index in [-0.39, 0.29) is 18.5 Å². The number of aryl methyl sites for hydroxylation is 1. The van der Waals surface area contributed by atoms with Crippen molar-refractivity contribution in [1.82, 2.24) is 9.99 Å². The zero-order valence-corrected chi connectivity index (χ0v) is 20.3. The van der Waals surface area contributed by atoms with E-state index in [1.807, 2.05) is 56.3 Å². The number of rotatable bonds is 8. The summed E-state index contributed by atoms with van der Waals surface area (Å²) >= 11 is 2.15. The highest BCUT2D eigenvalue weighted by Gasteiger charge is 2.12. The molecule has 1 aromatic heterocycles. The quantitative estimate of drug-likeness (QED) is 0.197. The lowest BCUT2D eigenvalue weighted by Crippen LogP contribution is -2.24. The number of benzene rings is 2. The third-order valence-corrected chi connectivity index (χ3v) is 5.59. The van der Waals surface area contributed by atoms with Gasteiger partial charge in [0.1, 0.15) is 5.75 Å². The Labute approximate surface area is 200 Å². The highest BCUT2D eigenvalue weighted by Crippen LogP contribution is 2.21. The van der Waals surface area contributed by atoms with Crippen LogP contribution < -0.4 is 10.2 Å². The fourth-order valence-electron chi connectivity index (χ4n) is 3.19. The van der Waals surface area contributed by atoms with Gasteiger partial charge in [0.2, 0.25) is 0 Å². The number of nitrogens with one attached hydrogen (secondary N) is 1. The average molecular weight is 545 g/mol. The van der Waals surface area contributed by atoms with Gasteiger partial charge in [-0.05, 0) is 85.8 Å². The number of para-hydroxylation sites is 1. The van der Waals surface area contributed by atoms with Gasteiger partial charge in [0.15, 0.2) is 6.61 Å². The molecule has 7 nitrogen and oxygen atoms in total. The molecule has 0 atom stereocenters. The van der Waals surface area contributed by atoms with Crippen LogP contribution in [0.25, 0.3) is 5.69 Å². The van der Waals surface area contributed by atoms with E-state index in [2.05, 4.69) is 37.7 Å². The van der Waals surface area contributed by atoms with Crippen LogP contribution in [0.15, 0.2) is 59.7 Å². The van der Waals surface area contributed by atoms with Gasteiger partial charge in [-0.3, -0.25) is 4.79 Å². The molecule has 1 heterocycles. The molecule has 2 aromatic carbocycles. The molecule has 0 saturated carbocycles. The van der Waals surface area contributed by atoms with Gasteiger partial charge in [-0.25, -0.2) is 10.2 Å². The highest BCUT2D eigenvalue weighted by molar-refractivity contribution is 14.1. The summed E-state index contributed by atoms with van der Waals surface area (Å²) in [6, 6.07) is 16.7. The summed E-state index contributed by atoms with van der Waals surface area (Å²) in [5.41, 5.74) is 6.75. The Morgan fingerprint density at radius 2 is 1.84 bits per heavy atom. The predicted molar refractivity (Wildman–Crippen MR) is 132 cm³/mol. The fraction of sp³-hybridized carbons (Fsp3) is 0.208. The van der Waals surface area contributed by atoms with Crippen LogP contribution in [0.2, 0.25) is 0 Å².